The fourth-order valence-corrected chi connectivity index (χ4v) is 3.43. The summed E-state index contributed by atoms with van der Waals surface area (Å²) < 4.78 is 0.838. The Morgan fingerprint density at radius 1 is 1.36 bits per heavy atom. The maximum atomic E-state index is 9.07. The normalized spacial score (nSPS) is 17.0. The van der Waals surface area contributed by atoms with Gasteiger partial charge < -0.3 is 15.1 Å². The molecule has 1 aromatic heterocycles. The summed E-state index contributed by atoms with van der Waals surface area (Å²) in [5, 5.41) is 12.5. The zero-order chi connectivity index (χ0) is 17.8. The molecule has 1 aliphatic rings. The minimum Gasteiger partial charge on any atom is -0.369 e. The van der Waals surface area contributed by atoms with Gasteiger partial charge in [0.1, 0.15) is 11.9 Å². The fourth-order valence-electron chi connectivity index (χ4n) is 2.97. The first kappa shape index (κ1) is 17.5. The van der Waals surface area contributed by atoms with Crippen LogP contribution in [0.15, 0.2) is 34.9 Å². The summed E-state index contributed by atoms with van der Waals surface area (Å²) in [5.74, 6) is 1.56. The van der Waals surface area contributed by atoms with E-state index in [1.54, 1.807) is 6.20 Å². The lowest BCUT2D eigenvalue weighted by molar-refractivity contribution is 0.527. The summed E-state index contributed by atoms with van der Waals surface area (Å²) in [6, 6.07) is 10.3. The van der Waals surface area contributed by atoms with Gasteiger partial charge in [-0.2, -0.15) is 10.2 Å². The Labute approximate surface area is 156 Å². The standard InChI is InChI=1S/C18H21BrN6/c1-24(2)17-7-8-21-18(23-17)22-14-4-3-9-25(12-14)15-6-5-13(11-20)16(19)10-15/h5-8,10,14H,3-4,9,12H2,1-2H3,(H,21,22,23). The molecule has 130 valence electrons. The van der Waals surface area contributed by atoms with E-state index in [9.17, 15) is 0 Å². The number of halogens is 1. The molecule has 1 fully saturated rings. The van der Waals surface area contributed by atoms with Crippen molar-refractivity contribution in [3.8, 4) is 6.07 Å². The number of nitrogens with zero attached hydrogens (tertiary/aromatic N) is 5. The van der Waals surface area contributed by atoms with Gasteiger partial charge in [0.2, 0.25) is 5.95 Å². The van der Waals surface area contributed by atoms with E-state index in [1.165, 1.54) is 0 Å². The highest BCUT2D eigenvalue weighted by Crippen LogP contribution is 2.26. The number of piperidine rings is 1. The van der Waals surface area contributed by atoms with Crippen LogP contribution < -0.4 is 15.1 Å². The highest BCUT2D eigenvalue weighted by atomic mass is 79.9. The van der Waals surface area contributed by atoms with Crippen LogP contribution in [0.1, 0.15) is 18.4 Å². The second kappa shape index (κ2) is 7.70. The summed E-state index contributed by atoms with van der Waals surface area (Å²) >= 11 is 3.47. The van der Waals surface area contributed by atoms with E-state index in [0.29, 0.717) is 17.6 Å². The van der Waals surface area contributed by atoms with Crippen LogP contribution in [0.5, 0.6) is 0 Å². The van der Waals surface area contributed by atoms with E-state index in [2.05, 4.69) is 42.2 Å². The Kier molecular flexibility index (Phi) is 5.39. The predicted octanol–water partition coefficient (Wildman–Crippen LogP) is 3.26. The molecule has 1 saturated heterocycles. The second-order valence-corrected chi connectivity index (χ2v) is 7.19. The third kappa shape index (κ3) is 4.20. The van der Waals surface area contributed by atoms with Crippen LogP contribution in [0.4, 0.5) is 17.5 Å². The van der Waals surface area contributed by atoms with Gasteiger partial charge in [0.25, 0.3) is 0 Å². The molecule has 0 spiro atoms. The molecule has 2 aromatic rings. The summed E-state index contributed by atoms with van der Waals surface area (Å²) in [6.45, 7) is 1.89. The number of anilines is 3. The largest absolute Gasteiger partial charge is 0.369 e. The van der Waals surface area contributed by atoms with Crippen LogP contribution in [0.2, 0.25) is 0 Å². The molecule has 7 heteroatoms. The first-order chi connectivity index (χ1) is 12.1. The van der Waals surface area contributed by atoms with Gasteiger partial charge in [-0.1, -0.05) is 0 Å². The highest BCUT2D eigenvalue weighted by Gasteiger charge is 2.21. The van der Waals surface area contributed by atoms with E-state index in [0.717, 1.165) is 41.9 Å². The van der Waals surface area contributed by atoms with Crippen molar-refractivity contribution in [3.05, 3.63) is 40.5 Å². The minimum atomic E-state index is 0.292. The molecule has 6 nitrogen and oxygen atoms in total. The summed E-state index contributed by atoms with van der Waals surface area (Å²) in [7, 11) is 3.94. The van der Waals surface area contributed by atoms with Crippen LogP contribution in [0, 0.1) is 11.3 Å². The number of aromatic nitrogens is 2. The molecule has 0 bridgehead atoms. The van der Waals surface area contributed by atoms with Crippen molar-refractivity contribution in [3.63, 3.8) is 0 Å². The lowest BCUT2D eigenvalue weighted by Gasteiger charge is -2.35. The first-order valence-corrected chi connectivity index (χ1v) is 9.07. The highest BCUT2D eigenvalue weighted by molar-refractivity contribution is 9.10. The predicted molar refractivity (Wildman–Crippen MR) is 104 cm³/mol. The van der Waals surface area contributed by atoms with Crippen molar-refractivity contribution >= 4 is 33.4 Å². The quantitative estimate of drug-likeness (QED) is 0.849. The van der Waals surface area contributed by atoms with Gasteiger partial charge in [-0.3, -0.25) is 0 Å². The Bertz CT molecular complexity index is 785. The lowest BCUT2D eigenvalue weighted by Crippen LogP contribution is -2.42. The molecule has 1 N–H and O–H groups in total. The Morgan fingerprint density at radius 2 is 2.20 bits per heavy atom. The molecule has 0 aliphatic carbocycles. The molecule has 0 saturated carbocycles. The monoisotopic (exact) mass is 400 g/mol. The molecule has 1 atom stereocenters. The van der Waals surface area contributed by atoms with Crippen molar-refractivity contribution < 1.29 is 0 Å². The van der Waals surface area contributed by atoms with Crippen LogP contribution in [-0.2, 0) is 0 Å². The van der Waals surface area contributed by atoms with Crippen molar-refractivity contribution in [1.82, 2.24) is 9.97 Å². The molecule has 0 radical (unpaired) electrons. The van der Waals surface area contributed by atoms with E-state index < -0.39 is 0 Å². The number of rotatable bonds is 4. The van der Waals surface area contributed by atoms with Gasteiger partial charge >= 0.3 is 0 Å². The van der Waals surface area contributed by atoms with Crippen molar-refractivity contribution in [1.29, 1.82) is 5.26 Å². The van der Waals surface area contributed by atoms with E-state index in [1.807, 2.05) is 43.3 Å². The van der Waals surface area contributed by atoms with Crippen molar-refractivity contribution in [2.75, 3.05) is 42.3 Å². The Hall–Kier alpha value is -2.33. The maximum absolute atomic E-state index is 9.07. The van der Waals surface area contributed by atoms with Crippen LogP contribution in [0.25, 0.3) is 0 Å². The van der Waals surface area contributed by atoms with Gasteiger partial charge in [0.15, 0.2) is 0 Å². The molecule has 25 heavy (non-hydrogen) atoms. The smallest absolute Gasteiger partial charge is 0.224 e. The fraction of sp³-hybridized carbons (Fsp3) is 0.389. The second-order valence-electron chi connectivity index (χ2n) is 6.34. The zero-order valence-electron chi connectivity index (χ0n) is 14.4. The Morgan fingerprint density at radius 3 is 2.92 bits per heavy atom. The zero-order valence-corrected chi connectivity index (χ0v) is 16.0. The van der Waals surface area contributed by atoms with Crippen LogP contribution >= 0.6 is 15.9 Å². The molecule has 0 amide bonds. The topological polar surface area (TPSA) is 68.1 Å². The minimum absolute atomic E-state index is 0.292. The summed E-state index contributed by atoms with van der Waals surface area (Å²) in [6.07, 6.45) is 3.97. The average molecular weight is 401 g/mol. The SMILES string of the molecule is CN(C)c1ccnc(NC2CCCN(c3ccc(C#N)c(Br)c3)C2)n1. The molecule has 1 unspecified atom stereocenters. The maximum Gasteiger partial charge on any atom is 0.224 e. The van der Waals surface area contributed by atoms with Crippen LogP contribution in [-0.4, -0.2) is 43.2 Å². The Balaban J connectivity index is 1.70. The lowest BCUT2D eigenvalue weighted by atomic mass is 10.0. The number of hydrogen-bond donors (Lipinski definition) is 1. The third-order valence-corrected chi connectivity index (χ3v) is 4.95. The van der Waals surface area contributed by atoms with E-state index in [-0.39, 0.29) is 0 Å². The van der Waals surface area contributed by atoms with Crippen molar-refractivity contribution in [2.24, 2.45) is 0 Å². The molecule has 3 rings (SSSR count). The molecular weight excluding hydrogens is 380 g/mol. The van der Waals surface area contributed by atoms with Gasteiger partial charge in [-0.15, -0.1) is 0 Å². The third-order valence-electron chi connectivity index (χ3n) is 4.29. The number of hydrogen-bond acceptors (Lipinski definition) is 6. The number of nitriles is 1. The van der Waals surface area contributed by atoms with Crippen LogP contribution in [0.3, 0.4) is 0 Å². The van der Waals surface area contributed by atoms with E-state index >= 15 is 0 Å². The summed E-state index contributed by atoms with van der Waals surface area (Å²) in [4.78, 5) is 13.2. The molecular formula is C18H21BrN6. The average Bonchev–Trinajstić information content (AvgIpc) is 2.62. The van der Waals surface area contributed by atoms with Gasteiger partial charge in [0, 0.05) is 49.6 Å². The number of nitrogens with one attached hydrogen (secondary N) is 1. The first-order valence-electron chi connectivity index (χ1n) is 8.28. The van der Waals surface area contributed by atoms with Gasteiger partial charge in [-0.05, 0) is 53.0 Å². The summed E-state index contributed by atoms with van der Waals surface area (Å²) in [5.41, 5.74) is 1.78. The van der Waals surface area contributed by atoms with Gasteiger partial charge in [0.05, 0.1) is 5.56 Å². The van der Waals surface area contributed by atoms with Crippen molar-refractivity contribution in [2.45, 2.75) is 18.9 Å². The number of benzene rings is 1. The molecule has 1 aromatic carbocycles. The molecule has 1 aliphatic heterocycles. The van der Waals surface area contributed by atoms with E-state index in [4.69, 9.17) is 5.26 Å². The molecule has 2 heterocycles. The van der Waals surface area contributed by atoms with Gasteiger partial charge in [-0.25, -0.2) is 4.98 Å².